The van der Waals surface area contributed by atoms with Crippen LogP contribution < -0.4 is 10.2 Å². The van der Waals surface area contributed by atoms with E-state index in [2.05, 4.69) is 21.3 Å². The third kappa shape index (κ3) is 3.16. The van der Waals surface area contributed by atoms with Gasteiger partial charge >= 0.3 is 0 Å². The maximum absolute atomic E-state index is 12.5. The molecule has 2 aliphatic heterocycles. The number of rotatable bonds is 3. The molecule has 1 aromatic rings. The summed E-state index contributed by atoms with van der Waals surface area (Å²) in [6.45, 7) is 1.88. The summed E-state index contributed by atoms with van der Waals surface area (Å²) in [7, 11) is 0. The zero-order valence-corrected chi connectivity index (χ0v) is 13.7. The molecule has 2 aliphatic rings. The number of hydrogen-bond acceptors (Lipinski definition) is 5. The summed E-state index contributed by atoms with van der Waals surface area (Å²) in [6, 6.07) is 5.57. The molecule has 1 N–H and O–H groups in total. The number of nitrogens with one attached hydrogen (secondary N) is 1. The van der Waals surface area contributed by atoms with Crippen molar-refractivity contribution in [3.63, 3.8) is 0 Å². The Hall–Kier alpha value is -1.45. The molecule has 0 bridgehead atoms. The second-order valence-corrected chi connectivity index (χ2v) is 7.17. The van der Waals surface area contributed by atoms with E-state index in [9.17, 15) is 10.1 Å². The molecule has 1 aromatic heterocycles. The highest BCUT2D eigenvalue weighted by molar-refractivity contribution is 7.99. The van der Waals surface area contributed by atoms with Crippen molar-refractivity contribution in [2.45, 2.75) is 24.8 Å². The van der Waals surface area contributed by atoms with E-state index in [1.807, 2.05) is 0 Å². The molecule has 0 saturated carbocycles. The molecule has 5 nitrogen and oxygen atoms in total. The molecule has 0 aliphatic carbocycles. The van der Waals surface area contributed by atoms with Gasteiger partial charge in [-0.15, -0.1) is 0 Å². The van der Waals surface area contributed by atoms with Crippen LogP contribution in [0.15, 0.2) is 12.1 Å². The van der Waals surface area contributed by atoms with Gasteiger partial charge in [-0.2, -0.15) is 17.0 Å². The van der Waals surface area contributed by atoms with Gasteiger partial charge in [0.2, 0.25) is 0 Å². The molecule has 2 saturated heterocycles. The summed E-state index contributed by atoms with van der Waals surface area (Å²) in [6.07, 6.45) is 2.94. The zero-order valence-electron chi connectivity index (χ0n) is 12.1. The summed E-state index contributed by atoms with van der Waals surface area (Å²) in [5, 5.41) is 12.6. The van der Waals surface area contributed by atoms with Gasteiger partial charge < -0.3 is 10.2 Å². The summed E-state index contributed by atoms with van der Waals surface area (Å²) < 4.78 is 0. The lowest BCUT2D eigenvalue weighted by molar-refractivity contribution is 0.0926. The van der Waals surface area contributed by atoms with Crippen LogP contribution in [0.4, 0.5) is 5.82 Å². The molecule has 3 heterocycles. The Balaban J connectivity index is 1.81. The predicted molar refractivity (Wildman–Crippen MR) is 88.4 cm³/mol. The molecule has 1 atom stereocenters. The van der Waals surface area contributed by atoms with Gasteiger partial charge in [-0.05, 0) is 37.1 Å². The number of pyridine rings is 1. The zero-order chi connectivity index (χ0) is 15.6. The molecule has 1 amide bonds. The van der Waals surface area contributed by atoms with E-state index < -0.39 is 5.54 Å². The lowest BCUT2D eigenvalue weighted by Gasteiger charge is -2.22. The highest BCUT2D eigenvalue weighted by Gasteiger charge is 2.36. The Kier molecular flexibility index (Phi) is 4.46. The fourth-order valence-corrected chi connectivity index (χ4v) is 4.26. The number of carbonyl (C=O) groups excluding carboxylic acids is 1. The SMILES string of the molecule is N#CC1(NC(=O)c2cc(Cl)nc(N3CCCC3)c2)CCSC1. The first-order valence-electron chi connectivity index (χ1n) is 7.36. The third-order valence-electron chi connectivity index (χ3n) is 4.06. The lowest BCUT2D eigenvalue weighted by atomic mass is 10.0. The summed E-state index contributed by atoms with van der Waals surface area (Å²) in [4.78, 5) is 19.0. The molecule has 0 spiro atoms. The van der Waals surface area contributed by atoms with Crippen LogP contribution in [0.1, 0.15) is 29.6 Å². The van der Waals surface area contributed by atoms with Gasteiger partial charge in [0.25, 0.3) is 5.91 Å². The number of aromatic nitrogens is 1. The standard InChI is InChI=1S/C15H17ClN4OS/c16-12-7-11(8-13(18-12)20-4-1-2-5-20)14(21)19-15(9-17)3-6-22-10-15/h7-8H,1-6,10H2,(H,19,21). The quantitative estimate of drug-likeness (QED) is 0.859. The second kappa shape index (κ2) is 6.35. The van der Waals surface area contributed by atoms with Crippen molar-refractivity contribution in [1.29, 1.82) is 5.26 Å². The number of hydrogen-bond donors (Lipinski definition) is 1. The molecular formula is C15H17ClN4OS. The van der Waals surface area contributed by atoms with Crippen LogP contribution in [0.2, 0.25) is 5.15 Å². The Morgan fingerprint density at radius 2 is 2.23 bits per heavy atom. The van der Waals surface area contributed by atoms with E-state index in [1.54, 1.807) is 23.9 Å². The van der Waals surface area contributed by atoms with Crippen LogP contribution in [0.25, 0.3) is 0 Å². The van der Waals surface area contributed by atoms with Crippen molar-refractivity contribution in [3.8, 4) is 6.07 Å². The van der Waals surface area contributed by atoms with E-state index in [0.29, 0.717) is 22.9 Å². The number of thioether (sulfide) groups is 1. The van der Waals surface area contributed by atoms with Gasteiger partial charge in [0.15, 0.2) is 0 Å². The first-order valence-corrected chi connectivity index (χ1v) is 8.89. The Morgan fingerprint density at radius 3 is 2.86 bits per heavy atom. The Labute approximate surface area is 139 Å². The fraction of sp³-hybridized carbons (Fsp3) is 0.533. The van der Waals surface area contributed by atoms with Crippen LogP contribution in [-0.2, 0) is 0 Å². The summed E-state index contributed by atoms with van der Waals surface area (Å²) >= 11 is 7.76. The summed E-state index contributed by atoms with van der Waals surface area (Å²) in [5.41, 5.74) is -0.292. The van der Waals surface area contributed by atoms with E-state index in [0.717, 1.165) is 37.5 Å². The number of carbonyl (C=O) groups is 1. The van der Waals surface area contributed by atoms with Gasteiger partial charge in [-0.1, -0.05) is 11.6 Å². The van der Waals surface area contributed by atoms with Gasteiger partial charge in [0, 0.05) is 24.4 Å². The summed E-state index contributed by atoms with van der Waals surface area (Å²) in [5.74, 6) is 2.01. The van der Waals surface area contributed by atoms with Gasteiger partial charge in [-0.3, -0.25) is 4.79 Å². The van der Waals surface area contributed by atoms with E-state index in [4.69, 9.17) is 11.6 Å². The normalized spacial score (nSPS) is 24.3. The number of halogens is 1. The van der Waals surface area contributed by atoms with Crippen LogP contribution >= 0.6 is 23.4 Å². The van der Waals surface area contributed by atoms with E-state index >= 15 is 0 Å². The van der Waals surface area contributed by atoms with E-state index in [-0.39, 0.29) is 5.91 Å². The number of nitriles is 1. The highest BCUT2D eigenvalue weighted by atomic mass is 35.5. The second-order valence-electron chi connectivity index (χ2n) is 5.68. The minimum Gasteiger partial charge on any atom is -0.357 e. The van der Waals surface area contributed by atoms with Crippen molar-refractivity contribution in [2.75, 3.05) is 29.5 Å². The molecule has 0 aromatic carbocycles. The minimum absolute atomic E-state index is 0.256. The molecule has 116 valence electrons. The van der Waals surface area contributed by atoms with Gasteiger partial charge in [0.05, 0.1) is 6.07 Å². The molecular weight excluding hydrogens is 320 g/mol. The van der Waals surface area contributed by atoms with Crippen molar-refractivity contribution < 1.29 is 4.79 Å². The first kappa shape index (κ1) is 15.4. The van der Waals surface area contributed by atoms with Crippen molar-refractivity contribution in [2.24, 2.45) is 0 Å². The van der Waals surface area contributed by atoms with Crippen LogP contribution in [0, 0.1) is 11.3 Å². The fourth-order valence-electron chi connectivity index (χ4n) is 2.79. The maximum Gasteiger partial charge on any atom is 0.252 e. The topological polar surface area (TPSA) is 69.0 Å². The third-order valence-corrected chi connectivity index (χ3v) is 5.44. The van der Waals surface area contributed by atoms with Crippen LogP contribution in [-0.4, -0.2) is 41.0 Å². The molecule has 2 fully saturated rings. The van der Waals surface area contributed by atoms with Crippen LogP contribution in [0.5, 0.6) is 0 Å². The monoisotopic (exact) mass is 336 g/mol. The maximum atomic E-state index is 12.5. The molecule has 7 heteroatoms. The average Bonchev–Trinajstić information content (AvgIpc) is 3.18. The molecule has 3 rings (SSSR count). The minimum atomic E-state index is -0.759. The first-order chi connectivity index (χ1) is 10.6. The molecule has 22 heavy (non-hydrogen) atoms. The molecule has 0 radical (unpaired) electrons. The smallest absolute Gasteiger partial charge is 0.252 e. The Bertz CT molecular complexity index is 618. The lowest BCUT2D eigenvalue weighted by Crippen LogP contribution is -2.47. The van der Waals surface area contributed by atoms with Crippen molar-refractivity contribution in [3.05, 3.63) is 22.8 Å². The predicted octanol–water partition coefficient (Wildman–Crippen LogP) is 2.46. The van der Waals surface area contributed by atoms with Crippen molar-refractivity contribution >= 4 is 35.1 Å². The Morgan fingerprint density at radius 1 is 1.45 bits per heavy atom. The number of anilines is 1. The number of nitrogens with zero attached hydrogens (tertiary/aromatic N) is 3. The van der Waals surface area contributed by atoms with Crippen LogP contribution in [0.3, 0.4) is 0 Å². The van der Waals surface area contributed by atoms with Gasteiger partial charge in [-0.25, -0.2) is 4.98 Å². The van der Waals surface area contributed by atoms with Gasteiger partial charge in [0.1, 0.15) is 16.5 Å². The van der Waals surface area contributed by atoms with Crippen molar-refractivity contribution in [1.82, 2.24) is 10.3 Å². The average molecular weight is 337 g/mol. The molecule has 1 unspecified atom stereocenters. The van der Waals surface area contributed by atoms with E-state index in [1.165, 1.54) is 0 Å². The largest absolute Gasteiger partial charge is 0.357 e. The highest BCUT2D eigenvalue weighted by Crippen LogP contribution is 2.28. The number of amides is 1.